The first-order valence-electron chi connectivity index (χ1n) is 5.87. The Hall–Kier alpha value is -2.42. The highest BCUT2D eigenvalue weighted by atomic mass is 19.4. The molecule has 0 spiro atoms. The average Bonchev–Trinajstić information content (AvgIpc) is 3.01. The molecule has 9 heteroatoms. The molecule has 0 unspecified atom stereocenters. The smallest absolute Gasteiger partial charge is 0.475 e. The molecule has 2 N–H and O–H groups in total. The van der Waals surface area contributed by atoms with E-state index in [0.29, 0.717) is 0 Å². The standard InChI is InChI=1S/C10H10N4.C2HF3O2/c1-2-4-12-10(3-1)14-9-7-11-5-8(9)6-13-14;3-2(4,5)1(6)7/h1-4,6,11H,5,7H2;(H,6,7). The van der Waals surface area contributed by atoms with Crippen molar-refractivity contribution in [3.8, 4) is 5.82 Å². The number of halogens is 3. The van der Waals surface area contributed by atoms with Crippen molar-refractivity contribution >= 4 is 5.97 Å². The van der Waals surface area contributed by atoms with E-state index in [1.807, 2.05) is 29.1 Å². The number of alkyl halides is 3. The molecule has 3 heterocycles. The number of aliphatic carboxylic acids is 1. The van der Waals surface area contributed by atoms with Crippen molar-refractivity contribution in [3.05, 3.63) is 41.9 Å². The highest BCUT2D eigenvalue weighted by Crippen LogP contribution is 2.17. The van der Waals surface area contributed by atoms with E-state index in [9.17, 15) is 13.2 Å². The molecule has 0 saturated carbocycles. The lowest BCUT2D eigenvalue weighted by atomic mass is 10.3. The Kier molecular flexibility index (Phi) is 4.22. The van der Waals surface area contributed by atoms with Crippen LogP contribution in [0, 0.1) is 0 Å². The summed E-state index contributed by atoms with van der Waals surface area (Å²) in [6, 6.07) is 5.84. The van der Waals surface area contributed by atoms with Gasteiger partial charge in [-0.3, -0.25) is 0 Å². The number of carboxylic acids is 1. The van der Waals surface area contributed by atoms with E-state index in [1.54, 1.807) is 6.20 Å². The molecule has 2 aromatic heterocycles. The summed E-state index contributed by atoms with van der Waals surface area (Å²) in [4.78, 5) is 13.2. The Morgan fingerprint density at radius 1 is 1.33 bits per heavy atom. The monoisotopic (exact) mass is 300 g/mol. The molecule has 6 nitrogen and oxygen atoms in total. The zero-order valence-corrected chi connectivity index (χ0v) is 10.6. The van der Waals surface area contributed by atoms with Gasteiger partial charge in [-0.1, -0.05) is 6.07 Å². The fourth-order valence-electron chi connectivity index (χ4n) is 1.74. The van der Waals surface area contributed by atoms with Gasteiger partial charge in [0.05, 0.1) is 11.9 Å². The van der Waals surface area contributed by atoms with Crippen molar-refractivity contribution in [2.24, 2.45) is 0 Å². The summed E-state index contributed by atoms with van der Waals surface area (Å²) in [5.41, 5.74) is 2.50. The second-order valence-corrected chi connectivity index (χ2v) is 4.12. The number of rotatable bonds is 1. The van der Waals surface area contributed by atoms with Crippen molar-refractivity contribution in [3.63, 3.8) is 0 Å². The van der Waals surface area contributed by atoms with Gasteiger partial charge in [-0.05, 0) is 12.1 Å². The summed E-state index contributed by atoms with van der Waals surface area (Å²) >= 11 is 0. The predicted octanol–water partition coefficient (Wildman–Crippen LogP) is 1.50. The zero-order valence-electron chi connectivity index (χ0n) is 10.6. The fraction of sp³-hybridized carbons (Fsp3) is 0.250. The second kappa shape index (κ2) is 5.92. The average molecular weight is 300 g/mol. The Morgan fingerprint density at radius 2 is 2.05 bits per heavy atom. The van der Waals surface area contributed by atoms with Crippen LogP contribution in [0.4, 0.5) is 13.2 Å². The molecule has 0 bridgehead atoms. The van der Waals surface area contributed by atoms with E-state index in [2.05, 4.69) is 15.4 Å². The van der Waals surface area contributed by atoms with Crippen molar-refractivity contribution in [2.75, 3.05) is 0 Å². The quantitative estimate of drug-likeness (QED) is 0.834. The van der Waals surface area contributed by atoms with Gasteiger partial charge in [0.1, 0.15) is 0 Å². The number of fused-ring (bicyclic) bond motifs is 1. The van der Waals surface area contributed by atoms with Crippen LogP contribution in [0.25, 0.3) is 5.82 Å². The van der Waals surface area contributed by atoms with Gasteiger partial charge >= 0.3 is 12.1 Å². The molecular weight excluding hydrogens is 289 g/mol. The van der Waals surface area contributed by atoms with Crippen LogP contribution >= 0.6 is 0 Å². The van der Waals surface area contributed by atoms with Gasteiger partial charge in [0, 0.05) is 24.8 Å². The maximum Gasteiger partial charge on any atom is 0.490 e. The van der Waals surface area contributed by atoms with Crippen LogP contribution in [0.1, 0.15) is 11.3 Å². The summed E-state index contributed by atoms with van der Waals surface area (Å²) in [5, 5.41) is 14.7. The topological polar surface area (TPSA) is 80.0 Å². The number of aromatic nitrogens is 3. The van der Waals surface area contributed by atoms with Gasteiger partial charge in [-0.25, -0.2) is 14.5 Å². The van der Waals surface area contributed by atoms with Crippen LogP contribution < -0.4 is 5.32 Å². The molecule has 0 saturated heterocycles. The van der Waals surface area contributed by atoms with Crippen molar-refractivity contribution in [1.82, 2.24) is 20.1 Å². The highest BCUT2D eigenvalue weighted by molar-refractivity contribution is 5.73. The summed E-state index contributed by atoms with van der Waals surface area (Å²) in [5.74, 6) is -1.87. The Morgan fingerprint density at radius 3 is 2.62 bits per heavy atom. The lowest BCUT2D eigenvalue weighted by Crippen LogP contribution is -2.21. The van der Waals surface area contributed by atoms with E-state index in [0.717, 1.165) is 18.9 Å². The minimum atomic E-state index is -5.08. The molecule has 1 aliphatic rings. The van der Waals surface area contributed by atoms with Gasteiger partial charge in [-0.2, -0.15) is 18.3 Å². The van der Waals surface area contributed by atoms with Crippen molar-refractivity contribution in [2.45, 2.75) is 19.3 Å². The van der Waals surface area contributed by atoms with E-state index in [4.69, 9.17) is 9.90 Å². The number of nitrogens with one attached hydrogen (secondary N) is 1. The van der Waals surface area contributed by atoms with Crippen molar-refractivity contribution in [1.29, 1.82) is 0 Å². The summed E-state index contributed by atoms with van der Waals surface area (Å²) in [7, 11) is 0. The second-order valence-electron chi connectivity index (χ2n) is 4.12. The van der Waals surface area contributed by atoms with Crippen LogP contribution in [0.3, 0.4) is 0 Å². The molecule has 2 aromatic rings. The van der Waals surface area contributed by atoms with E-state index in [-0.39, 0.29) is 0 Å². The lowest BCUT2D eigenvalue weighted by molar-refractivity contribution is -0.192. The molecule has 0 aromatic carbocycles. The minimum Gasteiger partial charge on any atom is -0.475 e. The fourth-order valence-corrected chi connectivity index (χ4v) is 1.74. The first-order chi connectivity index (χ1) is 9.89. The van der Waals surface area contributed by atoms with Crippen LogP contribution in [-0.4, -0.2) is 32.0 Å². The molecule has 0 amide bonds. The van der Waals surface area contributed by atoms with Gasteiger partial charge in [0.15, 0.2) is 5.82 Å². The molecule has 0 fully saturated rings. The van der Waals surface area contributed by atoms with E-state index in [1.165, 1.54) is 11.3 Å². The lowest BCUT2D eigenvalue weighted by Gasteiger charge is -2.02. The molecule has 21 heavy (non-hydrogen) atoms. The number of hydrogen-bond acceptors (Lipinski definition) is 4. The third kappa shape index (κ3) is 3.57. The van der Waals surface area contributed by atoms with E-state index < -0.39 is 12.1 Å². The molecule has 112 valence electrons. The number of carbonyl (C=O) groups is 1. The van der Waals surface area contributed by atoms with Crippen LogP contribution in [0.2, 0.25) is 0 Å². The normalized spacial score (nSPS) is 13.3. The SMILES string of the molecule is O=C(O)C(F)(F)F.c1ccc(-n2ncc3c2CNC3)nc1. The van der Waals surface area contributed by atoms with Gasteiger partial charge in [0.2, 0.25) is 0 Å². The first-order valence-corrected chi connectivity index (χ1v) is 5.87. The largest absolute Gasteiger partial charge is 0.490 e. The molecule has 1 aliphatic heterocycles. The van der Waals surface area contributed by atoms with Crippen molar-refractivity contribution < 1.29 is 23.1 Å². The number of pyridine rings is 1. The van der Waals surface area contributed by atoms with Gasteiger partial charge < -0.3 is 10.4 Å². The highest BCUT2D eigenvalue weighted by Gasteiger charge is 2.38. The third-order valence-corrected chi connectivity index (χ3v) is 2.67. The summed E-state index contributed by atoms with van der Waals surface area (Å²) in [6.07, 6.45) is -1.39. The van der Waals surface area contributed by atoms with Crippen LogP contribution in [-0.2, 0) is 17.9 Å². The Balaban J connectivity index is 0.000000199. The maximum atomic E-state index is 10.6. The Bertz CT molecular complexity index is 625. The maximum absolute atomic E-state index is 10.6. The number of carboxylic acid groups (broad SMARTS) is 1. The zero-order chi connectivity index (χ0) is 15.5. The third-order valence-electron chi connectivity index (χ3n) is 2.67. The molecular formula is C12H11F3N4O2. The number of nitrogens with zero attached hydrogens (tertiary/aromatic N) is 3. The van der Waals surface area contributed by atoms with Gasteiger partial charge in [-0.15, -0.1) is 0 Å². The predicted molar refractivity (Wildman–Crippen MR) is 65.6 cm³/mol. The number of hydrogen-bond donors (Lipinski definition) is 2. The van der Waals surface area contributed by atoms with Gasteiger partial charge in [0.25, 0.3) is 0 Å². The van der Waals surface area contributed by atoms with Crippen LogP contribution in [0.5, 0.6) is 0 Å². The Labute approximate surface area is 117 Å². The molecule has 3 rings (SSSR count). The minimum absolute atomic E-state index is 0.881. The molecule has 0 aliphatic carbocycles. The first kappa shape index (κ1) is 15.0. The summed E-state index contributed by atoms with van der Waals surface area (Å²) in [6.45, 7) is 1.80. The molecule has 0 atom stereocenters. The summed E-state index contributed by atoms with van der Waals surface area (Å²) < 4.78 is 33.6. The molecule has 0 radical (unpaired) electrons. The van der Waals surface area contributed by atoms with E-state index >= 15 is 0 Å². The van der Waals surface area contributed by atoms with Crippen LogP contribution in [0.15, 0.2) is 30.6 Å².